The van der Waals surface area contributed by atoms with Crippen molar-refractivity contribution in [2.24, 2.45) is 5.73 Å². The van der Waals surface area contributed by atoms with E-state index in [-0.39, 0.29) is 6.10 Å². The normalized spacial score (nSPS) is 21.1. The predicted molar refractivity (Wildman–Crippen MR) is 52.0 cm³/mol. The van der Waals surface area contributed by atoms with Crippen LogP contribution in [0.4, 0.5) is 0 Å². The minimum Gasteiger partial charge on any atom is -0.472 e. The molecule has 0 bridgehead atoms. The van der Waals surface area contributed by atoms with Gasteiger partial charge in [0.2, 0.25) is 5.88 Å². The predicted octanol–water partition coefficient (Wildman–Crippen LogP) is 0.708. The number of hydrogen-bond donors (Lipinski definition) is 1. The molecule has 0 aromatic carbocycles. The van der Waals surface area contributed by atoms with Crippen LogP contribution in [0.3, 0.4) is 0 Å². The number of ether oxygens (including phenoxy) is 2. The lowest BCUT2D eigenvalue weighted by Crippen LogP contribution is -2.16. The minimum atomic E-state index is 0.149. The molecule has 0 spiro atoms. The average molecular weight is 194 g/mol. The molecule has 0 amide bonds. The monoisotopic (exact) mass is 194 g/mol. The molecule has 1 aromatic rings. The number of nitrogens with two attached hydrogens (primary N) is 1. The molecule has 14 heavy (non-hydrogen) atoms. The number of hydrogen-bond acceptors (Lipinski definition) is 4. The lowest BCUT2D eigenvalue weighted by atomic mass is 10.2. The van der Waals surface area contributed by atoms with E-state index in [1.807, 2.05) is 12.1 Å². The molecule has 4 heteroatoms. The molecule has 2 rings (SSSR count). The van der Waals surface area contributed by atoms with Crippen molar-refractivity contribution in [1.82, 2.24) is 4.98 Å². The zero-order chi connectivity index (χ0) is 9.80. The Morgan fingerprint density at radius 2 is 2.57 bits per heavy atom. The molecule has 0 radical (unpaired) electrons. The lowest BCUT2D eigenvalue weighted by Gasteiger charge is -2.10. The quantitative estimate of drug-likeness (QED) is 0.769. The van der Waals surface area contributed by atoms with Crippen LogP contribution in [0.2, 0.25) is 0 Å². The molecular weight excluding hydrogens is 180 g/mol. The van der Waals surface area contributed by atoms with E-state index >= 15 is 0 Å². The van der Waals surface area contributed by atoms with Gasteiger partial charge in [0, 0.05) is 25.2 Å². The van der Waals surface area contributed by atoms with Gasteiger partial charge in [0.15, 0.2) is 0 Å². The van der Waals surface area contributed by atoms with E-state index in [0.29, 0.717) is 19.0 Å². The topological polar surface area (TPSA) is 57.4 Å². The summed E-state index contributed by atoms with van der Waals surface area (Å²) in [5, 5.41) is 0. The van der Waals surface area contributed by atoms with E-state index in [0.717, 1.165) is 18.6 Å². The number of pyridine rings is 1. The largest absolute Gasteiger partial charge is 0.472 e. The van der Waals surface area contributed by atoms with Gasteiger partial charge in [0.25, 0.3) is 0 Å². The molecule has 1 atom stereocenters. The zero-order valence-electron chi connectivity index (χ0n) is 7.98. The smallest absolute Gasteiger partial charge is 0.213 e. The summed E-state index contributed by atoms with van der Waals surface area (Å²) in [6.07, 6.45) is 2.80. The van der Waals surface area contributed by atoms with E-state index < -0.39 is 0 Å². The highest BCUT2D eigenvalue weighted by atomic mass is 16.5. The van der Waals surface area contributed by atoms with E-state index in [1.54, 1.807) is 6.20 Å². The standard InChI is InChI=1S/C10H14N2O2/c11-6-8-1-3-12-10(5-8)14-9-2-4-13-7-9/h1,3,5,9H,2,4,6-7,11H2/t9-/m0/s1. The number of nitrogens with zero attached hydrogens (tertiary/aromatic N) is 1. The highest BCUT2D eigenvalue weighted by molar-refractivity contribution is 5.20. The Hall–Kier alpha value is -1.13. The SMILES string of the molecule is NCc1ccnc(O[C@H]2CCOC2)c1. The molecule has 1 fully saturated rings. The summed E-state index contributed by atoms with van der Waals surface area (Å²) >= 11 is 0. The van der Waals surface area contributed by atoms with Crippen LogP contribution in [0.25, 0.3) is 0 Å². The number of aromatic nitrogens is 1. The molecular formula is C10H14N2O2. The Labute approximate surface area is 83.0 Å². The van der Waals surface area contributed by atoms with E-state index in [4.69, 9.17) is 15.2 Å². The van der Waals surface area contributed by atoms with Gasteiger partial charge < -0.3 is 15.2 Å². The second-order valence-electron chi connectivity index (χ2n) is 3.31. The molecule has 0 saturated carbocycles. The Morgan fingerprint density at radius 1 is 1.64 bits per heavy atom. The first-order valence-corrected chi connectivity index (χ1v) is 4.78. The first-order valence-electron chi connectivity index (χ1n) is 4.78. The van der Waals surface area contributed by atoms with Crippen molar-refractivity contribution in [1.29, 1.82) is 0 Å². The third kappa shape index (κ3) is 2.21. The second kappa shape index (κ2) is 4.39. The fraction of sp³-hybridized carbons (Fsp3) is 0.500. The van der Waals surface area contributed by atoms with Gasteiger partial charge in [-0.05, 0) is 11.6 Å². The van der Waals surface area contributed by atoms with Crippen molar-refractivity contribution in [3.05, 3.63) is 23.9 Å². The van der Waals surface area contributed by atoms with Gasteiger partial charge in [-0.25, -0.2) is 4.98 Å². The Kier molecular flexibility index (Phi) is 2.96. The number of rotatable bonds is 3. The maximum absolute atomic E-state index is 5.63. The van der Waals surface area contributed by atoms with E-state index in [2.05, 4.69) is 4.98 Å². The van der Waals surface area contributed by atoms with Crippen molar-refractivity contribution in [2.75, 3.05) is 13.2 Å². The Bertz CT molecular complexity index is 298. The first kappa shape index (κ1) is 9.43. The lowest BCUT2D eigenvalue weighted by molar-refractivity contribution is 0.138. The van der Waals surface area contributed by atoms with Gasteiger partial charge in [-0.2, -0.15) is 0 Å². The highest BCUT2D eigenvalue weighted by Crippen LogP contribution is 2.15. The van der Waals surface area contributed by atoms with E-state index in [1.165, 1.54) is 0 Å². The van der Waals surface area contributed by atoms with Gasteiger partial charge in [0.1, 0.15) is 6.10 Å². The molecule has 2 N–H and O–H groups in total. The van der Waals surface area contributed by atoms with Crippen molar-refractivity contribution in [3.8, 4) is 5.88 Å². The van der Waals surface area contributed by atoms with Crippen LogP contribution in [0.1, 0.15) is 12.0 Å². The Balaban J connectivity index is 2.00. The fourth-order valence-corrected chi connectivity index (χ4v) is 1.42. The van der Waals surface area contributed by atoms with Crippen molar-refractivity contribution < 1.29 is 9.47 Å². The van der Waals surface area contributed by atoms with Gasteiger partial charge >= 0.3 is 0 Å². The summed E-state index contributed by atoms with van der Waals surface area (Å²) < 4.78 is 10.8. The Morgan fingerprint density at radius 3 is 3.29 bits per heavy atom. The van der Waals surface area contributed by atoms with Gasteiger partial charge in [-0.1, -0.05) is 0 Å². The molecule has 2 heterocycles. The van der Waals surface area contributed by atoms with Crippen LogP contribution in [-0.4, -0.2) is 24.3 Å². The van der Waals surface area contributed by atoms with Crippen molar-refractivity contribution in [3.63, 3.8) is 0 Å². The second-order valence-corrected chi connectivity index (χ2v) is 3.31. The molecule has 4 nitrogen and oxygen atoms in total. The minimum absolute atomic E-state index is 0.149. The van der Waals surface area contributed by atoms with Gasteiger partial charge in [-0.3, -0.25) is 0 Å². The zero-order valence-corrected chi connectivity index (χ0v) is 7.98. The van der Waals surface area contributed by atoms with Crippen LogP contribution in [0.5, 0.6) is 5.88 Å². The summed E-state index contributed by atoms with van der Waals surface area (Å²) in [6.45, 7) is 1.95. The summed E-state index contributed by atoms with van der Waals surface area (Å²) in [5.41, 5.74) is 6.55. The average Bonchev–Trinajstić information content (AvgIpc) is 2.71. The van der Waals surface area contributed by atoms with E-state index in [9.17, 15) is 0 Å². The molecule has 76 valence electrons. The summed E-state index contributed by atoms with van der Waals surface area (Å²) in [4.78, 5) is 4.12. The van der Waals surface area contributed by atoms with Gasteiger partial charge in [-0.15, -0.1) is 0 Å². The van der Waals surface area contributed by atoms with Crippen molar-refractivity contribution in [2.45, 2.75) is 19.1 Å². The van der Waals surface area contributed by atoms with Crippen LogP contribution >= 0.6 is 0 Å². The molecule has 1 saturated heterocycles. The third-order valence-corrected chi connectivity index (χ3v) is 2.21. The molecule has 0 unspecified atom stereocenters. The van der Waals surface area contributed by atoms with Crippen LogP contribution in [0, 0.1) is 0 Å². The van der Waals surface area contributed by atoms with Gasteiger partial charge in [0.05, 0.1) is 13.2 Å². The molecule has 1 aliphatic heterocycles. The summed E-state index contributed by atoms with van der Waals surface area (Å²) in [5.74, 6) is 0.642. The third-order valence-electron chi connectivity index (χ3n) is 2.21. The summed E-state index contributed by atoms with van der Waals surface area (Å²) in [6, 6.07) is 3.76. The molecule has 0 aliphatic carbocycles. The highest BCUT2D eigenvalue weighted by Gasteiger charge is 2.17. The molecule has 1 aromatic heterocycles. The summed E-state index contributed by atoms with van der Waals surface area (Å²) in [7, 11) is 0. The maximum Gasteiger partial charge on any atom is 0.213 e. The molecule has 1 aliphatic rings. The maximum atomic E-state index is 5.63. The van der Waals surface area contributed by atoms with Crippen molar-refractivity contribution >= 4 is 0 Å². The van der Waals surface area contributed by atoms with Crippen LogP contribution in [-0.2, 0) is 11.3 Å². The first-order chi connectivity index (χ1) is 6.88. The fourth-order valence-electron chi connectivity index (χ4n) is 1.42. The van der Waals surface area contributed by atoms with Crippen LogP contribution in [0.15, 0.2) is 18.3 Å². The van der Waals surface area contributed by atoms with Crippen LogP contribution < -0.4 is 10.5 Å².